The van der Waals surface area contributed by atoms with E-state index in [0.29, 0.717) is 25.1 Å². The van der Waals surface area contributed by atoms with E-state index in [1.54, 1.807) is 6.07 Å². The first-order valence-electron chi connectivity index (χ1n) is 6.29. The Morgan fingerprint density at radius 2 is 2.32 bits per heavy atom. The number of carbonyl (C=O) groups is 1. The molecule has 1 aromatic rings. The standard InChI is InChI=1S/C12H17BrN2O3S/c1-2-15-8-9(13)6-11(15)12(16)14-7-10-4-3-5-19(10,17)18/h6,8,10H,2-5,7H2,1H3,(H,14,16). The van der Waals surface area contributed by atoms with Crippen LogP contribution in [0, 0.1) is 0 Å². The monoisotopic (exact) mass is 348 g/mol. The van der Waals surface area contributed by atoms with Gasteiger partial charge in [-0.25, -0.2) is 8.42 Å². The molecule has 0 aromatic carbocycles. The van der Waals surface area contributed by atoms with Gasteiger partial charge >= 0.3 is 0 Å². The van der Waals surface area contributed by atoms with Crippen LogP contribution >= 0.6 is 15.9 Å². The van der Waals surface area contributed by atoms with E-state index >= 15 is 0 Å². The average Bonchev–Trinajstić information content (AvgIpc) is 2.88. The van der Waals surface area contributed by atoms with Gasteiger partial charge in [0.15, 0.2) is 9.84 Å². The van der Waals surface area contributed by atoms with E-state index in [4.69, 9.17) is 0 Å². The molecule has 0 saturated carbocycles. The van der Waals surface area contributed by atoms with Crippen molar-refractivity contribution >= 4 is 31.7 Å². The second-order valence-corrected chi connectivity index (χ2v) is 7.99. The van der Waals surface area contributed by atoms with Gasteiger partial charge in [0.2, 0.25) is 0 Å². The molecular weight excluding hydrogens is 332 g/mol. The first-order chi connectivity index (χ1) is 8.94. The van der Waals surface area contributed by atoms with Gasteiger partial charge in [-0.3, -0.25) is 4.79 Å². The highest BCUT2D eigenvalue weighted by Gasteiger charge is 2.31. The fourth-order valence-corrected chi connectivity index (χ4v) is 4.54. The van der Waals surface area contributed by atoms with Crippen LogP contribution in [0.5, 0.6) is 0 Å². The molecule has 1 aromatic heterocycles. The highest BCUT2D eigenvalue weighted by Crippen LogP contribution is 2.19. The van der Waals surface area contributed by atoms with Gasteiger partial charge < -0.3 is 9.88 Å². The van der Waals surface area contributed by atoms with Gasteiger partial charge in [0.05, 0.1) is 11.0 Å². The third-order valence-electron chi connectivity index (χ3n) is 3.39. The lowest BCUT2D eigenvalue weighted by molar-refractivity contribution is 0.0944. The van der Waals surface area contributed by atoms with E-state index in [0.717, 1.165) is 4.47 Å². The van der Waals surface area contributed by atoms with Crippen molar-refractivity contribution in [2.45, 2.75) is 31.6 Å². The fraction of sp³-hybridized carbons (Fsp3) is 0.583. The lowest BCUT2D eigenvalue weighted by Crippen LogP contribution is -2.35. The first kappa shape index (κ1) is 14.6. The van der Waals surface area contributed by atoms with Crippen molar-refractivity contribution < 1.29 is 13.2 Å². The molecule has 1 aliphatic rings. The molecule has 2 rings (SSSR count). The maximum Gasteiger partial charge on any atom is 0.267 e. The third kappa shape index (κ3) is 3.20. The number of halogens is 1. The zero-order chi connectivity index (χ0) is 14.0. The maximum absolute atomic E-state index is 12.1. The molecule has 0 bridgehead atoms. The number of sulfone groups is 1. The summed E-state index contributed by atoms with van der Waals surface area (Å²) in [5.41, 5.74) is 0.546. The molecule has 0 radical (unpaired) electrons. The summed E-state index contributed by atoms with van der Waals surface area (Å²) in [4.78, 5) is 12.1. The van der Waals surface area contributed by atoms with E-state index in [-0.39, 0.29) is 18.2 Å². The molecule has 1 N–H and O–H groups in total. The van der Waals surface area contributed by atoms with Crippen LogP contribution in [0.2, 0.25) is 0 Å². The molecule has 5 nitrogen and oxygen atoms in total. The van der Waals surface area contributed by atoms with E-state index in [9.17, 15) is 13.2 Å². The SMILES string of the molecule is CCn1cc(Br)cc1C(=O)NCC1CCCS1(=O)=O. The fourth-order valence-electron chi connectivity index (χ4n) is 2.31. The molecule has 1 atom stereocenters. The van der Waals surface area contributed by atoms with E-state index in [1.165, 1.54) is 0 Å². The Kier molecular flexibility index (Phi) is 4.35. The van der Waals surface area contributed by atoms with Crippen LogP contribution < -0.4 is 5.32 Å². The number of carbonyl (C=O) groups excluding carboxylic acids is 1. The minimum absolute atomic E-state index is 0.202. The summed E-state index contributed by atoms with van der Waals surface area (Å²) >= 11 is 3.33. The topological polar surface area (TPSA) is 68.2 Å². The molecule has 1 aliphatic heterocycles. The summed E-state index contributed by atoms with van der Waals surface area (Å²) in [5, 5.41) is 2.30. The van der Waals surface area contributed by atoms with Crippen LogP contribution in [0.3, 0.4) is 0 Å². The number of aromatic nitrogens is 1. The Balaban J connectivity index is 2.02. The van der Waals surface area contributed by atoms with Crippen LogP contribution in [0.1, 0.15) is 30.3 Å². The van der Waals surface area contributed by atoms with Crippen molar-refractivity contribution in [2.75, 3.05) is 12.3 Å². The predicted molar refractivity (Wildman–Crippen MR) is 76.9 cm³/mol. The van der Waals surface area contributed by atoms with Gasteiger partial charge in [-0.05, 0) is 41.8 Å². The molecule has 0 spiro atoms. The molecule has 7 heteroatoms. The second-order valence-electron chi connectivity index (χ2n) is 4.67. The average molecular weight is 349 g/mol. The van der Waals surface area contributed by atoms with Crippen molar-refractivity contribution in [3.63, 3.8) is 0 Å². The number of hydrogen-bond donors (Lipinski definition) is 1. The van der Waals surface area contributed by atoms with Crippen LogP contribution in [0.4, 0.5) is 0 Å². The molecule has 19 heavy (non-hydrogen) atoms. The lowest BCUT2D eigenvalue weighted by atomic mass is 10.2. The Morgan fingerprint density at radius 3 is 2.89 bits per heavy atom. The predicted octanol–water partition coefficient (Wildman–Crippen LogP) is 1.58. The van der Waals surface area contributed by atoms with E-state index in [2.05, 4.69) is 21.2 Å². The van der Waals surface area contributed by atoms with Crippen molar-refractivity contribution in [1.82, 2.24) is 9.88 Å². The Labute approximate surface area is 121 Å². The van der Waals surface area contributed by atoms with Gasteiger partial charge in [0.1, 0.15) is 5.69 Å². The number of hydrogen-bond acceptors (Lipinski definition) is 3. The molecular formula is C12H17BrN2O3S. The lowest BCUT2D eigenvalue weighted by Gasteiger charge is -2.11. The number of amides is 1. The zero-order valence-electron chi connectivity index (χ0n) is 10.7. The molecule has 2 heterocycles. The normalized spacial score (nSPS) is 21.5. The molecule has 0 aliphatic carbocycles. The Bertz CT molecular complexity index is 580. The minimum atomic E-state index is -3.01. The summed E-state index contributed by atoms with van der Waals surface area (Å²) < 4.78 is 26.0. The Morgan fingerprint density at radius 1 is 1.58 bits per heavy atom. The zero-order valence-corrected chi connectivity index (χ0v) is 13.1. The molecule has 1 amide bonds. The molecule has 106 valence electrons. The number of nitrogens with zero attached hydrogens (tertiary/aromatic N) is 1. The molecule has 1 unspecified atom stereocenters. The quantitative estimate of drug-likeness (QED) is 0.897. The first-order valence-corrected chi connectivity index (χ1v) is 8.80. The smallest absolute Gasteiger partial charge is 0.267 e. The van der Waals surface area contributed by atoms with Gasteiger partial charge in [-0.15, -0.1) is 0 Å². The largest absolute Gasteiger partial charge is 0.349 e. The maximum atomic E-state index is 12.1. The van der Waals surface area contributed by atoms with Crippen LogP contribution in [-0.4, -0.2) is 36.4 Å². The summed E-state index contributed by atoms with van der Waals surface area (Å²) in [6, 6.07) is 1.74. The number of aryl methyl sites for hydroxylation is 1. The van der Waals surface area contributed by atoms with Gasteiger partial charge in [0.25, 0.3) is 5.91 Å². The van der Waals surface area contributed by atoms with Crippen molar-refractivity contribution in [2.24, 2.45) is 0 Å². The summed E-state index contributed by atoms with van der Waals surface area (Å²) in [5.74, 6) is 0.0133. The van der Waals surface area contributed by atoms with Crippen LogP contribution in [0.25, 0.3) is 0 Å². The molecule has 1 fully saturated rings. The van der Waals surface area contributed by atoms with Gasteiger partial charge in [-0.1, -0.05) is 0 Å². The van der Waals surface area contributed by atoms with E-state index < -0.39 is 15.1 Å². The van der Waals surface area contributed by atoms with Crippen molar-refractivity contribution in [3.05, 3.63) is 22.4 Å². The van der Waals surface area contributed by atoms with Crippen molar-refractivity contribution in [1.29, 1.82) is 0 Å². The highest BCUT2D eigenvalue weighted by atomic mass is 79.9. The van der Waals surface area contributed by atoms with Crippen LogP contribution in [-0.2, 0) is 16.4 Å². The number of rotatable bonds is 4. The highest BCUT2D eigenvalue weighted by molar-refractivity contribution is 9.10. The Hall–Kier alpha value is -0.820. The summed E-state index contributed by atoms with van der Waals surface area (Å²) in [6.07, 6.45) is 3.17. The van der Waals surface area contributed by atoms with Gasteiger partial charge in [0, 0.05) is 23.8 Å². The third-order valence-corrected chi connectivity index (χ3v) is 6.10. The van der Waals surface area contributed by atoms with Gasteiger partial charge in [-0.2, -0.15) is 0 Å². The van der Waals surface area contributed by atoms with Crippen LogP contribution in [0.15, 0.2) is 16.7 Å². The number of nitrogens with one attached hydrogen (secondary N) is 1. The minimum Gasteiger partial charge on any atom is -0.349 e. The second kappa shape index (κ2) is 5.66. The molecule has 1 saturated heterocycles. The summed E-state index contributed by atoms with van der Waals surface area (Å²) in [6.45, 7) is 2.84. The van der Waals surface area contributed by atoms with E-state index in [1.807, 2.05) is 17.7 Å². The summed E-state index contributed by atoms with van der Waals surface area (Å²) in [7, 11) is -3.01. The van der Waals surface area contributed by atoms with Crippen molar-refractivity contribution in [3.8, 4) is 0 Å².